The number of carboxylic acid groups (broad SMARTS) is 1. The van der Waals surface area contributed by atoms with Gasteiger partial charge in [0, 0.05) is 13.2 Å². The predicted octanol–water partition coefficient (Wildman–Crippen LogP) is 0.232. The van der Waals surface area contributed by atoms with Crippen LogP contribution in [-0.2, 0) is 4.79 Å². The highest BCUT2D eigenvalue weighted by atomic mass is 16.4. The van der Waals surface area contributed by atoms with Crippen LogP contribution in [0.2, 0.25) is 0 Å². The van der Waals surface area contributed by atoms with Gasteiger partial charge in [-0.1, -0.05) is 6.42 Å². The summed E-state index contributed by atoms with van der Waals surface area (Å²) in [6.07, 6.45) is 2.14. The fraction of sp³-hybridized carbons (Fsp3) is 0.875. The van der Waals surface area contributed by atoms with Gasteiger partial charge in [-0.2, -0.15) is 0 Å². The van der Waals surface area contributed by atoms with Gasteiger partial charge in [-0.05, 0) is 18.8 Å². The average Bonchev–Trinajstić information content (AvgIpc) is 2.02. The number of hydrogen-bond acceptors (Lipinski definition) is 3. The van der Waals surface area contributed by atoms with Gasteiger partial charge in [0.1, 0.15) is 0 Å². The third kappa shape index (κ3) is 6.12. The second kappa shape index (κ2) is 7.06. The highest BCUT2D eigenvalue weighted by Gasteiger charge is 2.10. The molecule has 0 aromatic carbocycles. The Morgan fingerprint density at radius 3 is 2.33 bits per heavy atom. The molecule has 0 rings (SSSR count). The number of carboxylic acids is 1. The van der Waals surface area contributed by atoms with E-state index in [9.17, 15) is 4.79 Å². The largest absolute Gasteiger partial charge is 0.481 e. The molecule has 0 saturated carbocycles. The lowest BCUT2D eigenvalue weighted by Crippen LogP contribution is -2.11. The van der Waals surface area contributed by atoms with E-state index in [-0.39, 0.29) is 25.6 Å². The summed E-state index contributed by atoms with van der Waals surface area (Å²) in [6.45, 7) is 0.0446. The molecule has 0 aromatic heterocycles. The van der Waals surface area contributed by atoms with Gasteiger partial charge in [-0.15, -0.1) is 0 Å². The first-order valence-corrected chi connectivity index (χ1v) is 4.14. The van der Waals surface area contributed by atoms with E-state index in [0.29, 0.717) is 12.8 Å². The van der Waals surface area contributed by atoms with E-state index in [1.165, 1.54) is 0 Å². The van der Waals surface area contributed by atoms with Crippen LogP contribution in [-0.4, -0.2) is 34.5 Å². The molecule has 1 atom stereocenters. The molecule has 4 heteroatoms. The number of aliphatic hydroxyl groups excluding tert-OH is 2. The molecule has 0 amide bonds. The van der Waals surface area contributed by atoms with Gasteiger partial charge in [0.25, 0.3) is 0 Å². The van der Waals surface area contributed by atoms with Crippen molar-refractivity contribution in [1.82, 2.24) is 0 Å². The molecular formula is C8H16O4. The molecule has 0 saturated heterocycles. The van der Waals surface area contributed by atoms with Crippen molar-refractivity contribution in [3.8, 4) is 0 Å². The zero-order chi connectivity index (χ0) is 9.40. The lowest BCUT2D eigenvalue weighted by Gasteiger charge is -2.09. The third-order valence-electron chi connectivity index (χ3n) is 1.74. The molecule has 12 heavy (non-hydrogen) atoms. The molecular weight excluding hydrogens is 160 g/mol. The van der Waals surface area contributed by atoms with Gasteiger partial charge >= 0.3 is 5.97 Å². The second-order valence-corrected chi connectivity index (χ2v) is 2.87. The summed E-state index contributed by atoms with van der Waals surface area (Å²) in [7, 11) is 0. The van der Waals surface area contributed by atoms with Crippen LogP contribution in [0.4, 0.5) is 0 Å². The molecule has 0 aliphatic rings. The number of rotatable bonds is 7. The van der Waals surface area contributed by atoms with Crippen molar-refractivity contribution >= 4 is 5.97 Å². The van der Waals surface area contributed by atoms with E-state index < -0.39 is 5.97 Å². The molecule has 0 heterocycles. The summed E-state index contributed by atoms with van der Waals surface area (Å²) in [5.74, 6) is -1.04. The standard InChI is InChI=1S/C8H16O4/c9-4-2-1-3-7(6-10)5-8(11)12/h7,9-10H,1-6H2,(H,11,12). The Labute approximate surface area is 71.8 Å². The molecule has 72 valence electrons. The fourth-order valence-corrected chi connectivity index (χ4v) is 1.05. The number of unbranched alkanes of at least 4 members (excludes halogenated alkanes) is 1. The van der Waals surface area contributed by atoms with Crippen molar-refractivity contribution in [1.29, 1.82) is 0 Å². The van der Waals surface area contributed by atoms with Gasteiger partial charge in [0.05, 0.1) is 6.42 Å². The molecule has 3 N–H and O–H groups in total. The van der Waals surface area contributed by atoms with Crippen LogP contribution >= 0.6 is 0 Å². The van der Waals surface area contributed by atoms with Crippen LogP contribution in [0.3, 0.4) is 0 Å². The first kappa shape index (κ1) is 11.4. The Kier molecular flexibility index (Phi) is 6.70. The number of aliphatic carboxylic acids is 1. The van der Waals surface area contributed by atoms with E-state index >= 15 is 0 Å². The Balaban J connectivity index is 3.46. The third-order valence-corrected chi connectivity index (χ3v) is 1.74. The van der Waals surface area contributed by atoms with E-state index in [4.69, 9.17) is 15.3 Å². The minimum atomic E-state index is -0.877. The maximum atomic E-state index is 10.2. The van der Waals surface area contributed by atoms with Crippen LogP contribution in [0, 0.1) is 5.92 Å². The monoisotopic (exact) mass is 176 g/mol. The molecule has 0 fully saturated rings. The minimum absolute atomic E-state index is 0.0158. The van der Waals surface area contributed by atoms with Crippen LogP contribution in [0.1, 0.15) is 25.7 Å². The number of aliphatic hydroxyl groups is 2. The SMILES string of the molecule is O=C(O)CC(CO)CCCCO. The summed E-state index contributed by atoms with van der Waals surface area (Å²) in [6, 6.07) is 0. The maximum absolute atomic E-state index is 10.2. The van der Waals surface area contributed by atoms with Crippen LogP contribution in [0.15, 0.2) is 0 Å². The summed E-state index contributed by atoms with van der Waals surface area (Å²) in [4.78, 5) is 10.2. The van der Waals surface area contributed by atoms with E-state index in [1.807, 2.05) is 0 Å². The summed E-state index contributed by atoms with van der Waals surface area (Å²) in [5.41, 5.74) is 0. The van der Waals surface area contributed by atoms with Crippen molar-refractivity contribution in [2.45, 2.75) is 25.7 Å². The Bertz CT molecular complexity index is 124. The molecule has 0 aliphatic heterocycles. The van der Waals surface area contributed by atoms with Gasteiger partial charge in [0.15, 0.2) is 0 Å². The number of hydrogen-bond donors (Lipinski definition) is 3. The highest BCUT2D eigenvalue weighted by molar-refractivity contribution is 5.66. The highest BCUT2D eigenvalue weighted by Crippen LogP contribution is 2.11. The molecule has 0 aromatic rings. The molecule has 0 radical (unpaired) electrons. The van der Waals surface area contributed by atoms with E-state index in [2.05, 4.69) is 0 Å². The normalized spacial score (nSPS) is 12.8. The summed E-state index contributed by atoms with van der Waals surface area (Å²) < 4.78 is 0. The second-order valence-electron chi connectivity index (χ2n) is 2.87. The molecule has 1 unspecified atom stereocenters. The van der Waals surface area contributed by atoms with Gasteiger partial charge in [0.2, 0.25) is 0 Å². The van der Waals surface area contributed by atoms with Crippen molar-refractivity contribution in [2.75, 3.05) is 13.2 Å². The van der Waals surface area contributed by atoms with Crippen LogP contribution < -0.4 is 0 Å². The molecule has 0 spiro atoms. The molecule has 4 nitrogen and oxygen atoms in total. The lowest BCUT2D eigenvalue weighted by atomic mass is 10.00. The van der Waals surface area contributed by atoms with Gasteiger partial charge in [-0.3, -0.25) is 4.79 Å². The van der Waals surface area contributed by atoms with E-state index in [1.54, 1.807) is 0 Å². The van der Waals surface area contributed by atoms with E-state index in [0.717, 1.165) is 6.42 Å². The van der Waals surface area contributed by atoms with Crippen LogP contribution in [0.25, 0.3) is 0 Å². The Hall–Kier alpha value is -0.610. The zero-order valence-electron chi connectivity index (χ0n) is 7.07. The summed E-state index contributed by atoms with van der Waals surface area (Å²) in [5, 5.41) is 25.6. The molecule has 0 bridgehead atoms. The first-order valence-electron chi connectivity index (χ1n) is 4.14. The smallest absolute Gasteiger partial charge is 0.303 e. The van der Waals surface area contributed by atoms with Crippen molar-refractivity contribution in [2.24, 2.45) is 5.92 Å². The lowest BCUT2D eigenvalue weighted by molar-refractivity contribution is -0.138. The maximum Gasteiger partial charge on any atom is 0.303 e. The fourth-order valence-electron chi connectivity index (χ4n) is 1.05. The van der Waals surface area contributed by atoms with Crippen molar-refractivity contribution in [3.63, 3.8) is 0 Å². The predicted molar refractivity (Wildman–Crippen MR) is 43.8 cm³/mol. The zero-order valence-corrected chi connectivity index (χ0v) is 7.07. The van der Waals surface area contributed by atoms with Gasteiger partial charge < -0.3 is 15.3 Å². The topological polar surface area (TPSA) is 77.8 Å². The summed E-state index contributed by atoms with van der Waals surface area (Å²) >= 11 is 0. The minimum Gasteiger partial charge on any atom is -0.481 e. The van der Waals surface area contributed by atoms with Crippen molar-refractivity contribution < 1.29 is 20.1 Å². The van der Waals surface area contributed by atoms with Gasteiger partial charge in [-0.25, -0.2) is 0 Å². The molecule has 0 aliphatic carbocycles. The van der Waals surface area contributed by atoms with Crippen LogP contribution in [0.5, 0.6) is 0 Å². The Morgan fingerprint density at radius 1 is 1.25 bits per heavy atom. The first-order chi connectivity index (χ1) is 5.70. The van der Waals surface area contributed by atoms with Crippen molar-refractivity contribution in [3.05, 3.63) is 0 Å². The Morgan fingerprint density at radius 2 is 1.92 bits per heavy atom. The quantitative estimate of drug-likeness (QED) is 0.485. The number of carbonyl (C=O) groups is 1. The average molecular weight is 176 g/mol.